The van der Waals surface area contributed by atoms with Gasteiger partial charge in [-0.1, -0.05) is 111 Å². The molecule has 184 valence electrons. The first-order chi connectivity index (χ1) is 15.5. The number of rotatable bonds is 10. The van der Waals surface area contributed by atoms with Gasteiger partial charge < -0.3 is 10.6 Å². The molecular weight excluding hydrogens is 400 g/mol. The number of nitrogens with one attached hydrogen (secondary N) is 2. The molecule has 2 aromatic rings. The fraction of sp³-hybridized carbons (Fsp3) is 0.613. The first-order valence-electron chi connectivity index (χ1n) is 13.2. The molecule has 0 aromatic heterocycles. The van der Waals surface area contributed by atoms with Crippen molar-refractivity contribution in [3.63, 3.8) is 0 Å². The maximum atomic E-state index is 3.47. The predicted molar refractivity (Wildman–Crippen MR) is 146 cm³/mol. The summed E-state index contributed by atoms with van der Waals surface area (Å²) in [6.45, 7) is 22.2. The Morgan fingerprint density at radius 1 is 0.788 bits per heavy atom. The molecule has 0 spiro atoms. The topological polar surface area (TPSA) is 24.1 Å². The molecule has 2 heteroatoms. The molecule has 0 saturated heterocycles. The van der Waals surface area contributed by atoms with Crippen molar-refractivity contribution in [1.29, 1.82) is 0 Å². The Hall–Kier alpha value is -1.64. The second-order valence-electron chi connectivity index (χ2n) is 11.5. The molecule has 3 rings (SSSR count). The van der Waals surface area contributed by atoms with E-state index < -0.39 is 0 Å². The van der Waals surface area contributed by atoms with Gasteiger partial charge in [-0.15, -0.1) is 0 Å². The lowest BCUT2D eigenvalue weighted by molar-refractivity contribution is 0.372. The predicted octanol–water partition coefficient (Wildman–Crippen LogP) is 7.74. The zero-order valence-electron chi connectivity index (χ0n) is 22.9. The van der Waals surface area contributed by atoms with Crippen molar-refractivity contribution in [1.82, 2.24) is 10.6 Å². The molecule has 1 fully saturated rings. The third-order valence-electron chi connectivity index (χ3n) is 7.64. The Morgan fingerprint density at radius 3 is 1.79 bits per heavy atom. The highest BCUT2D eigenvalue weighted by Crippen LogP contribution is 2.50. The van der Waals surface area contributed by atoms with Crippen LogP contribution in [0.25, 0.3) is 0 Å². The van der Waals surface area contributed by atoms with Crippen molar-refractivity contribution < 1.29 is 0 Å². The minimum absolute atomic E-state index is 0.244. The molecule has 0 unspecified atom stereocenters. The van der Waals surface area contributed by atoms with Crippen molar-refractivity contribution in [2.45, 2.75) is 118 Å². The zero-order valence-corrected chi connectivity index (χ0v) is 22.9. The maximum absolute atomic E-state index is 3.47. The third-order valence-corrected chi connectivity index (χ3v) is 7.64. The van der Waals surface area contributed by atoms with Crippen LogP contribution in [-0.2, 0) is 23.9 Å². The third kappa shape index (κ3) is 8.26. The van der Waals surface area contributed by atoms with Gasteiger partial charge in [-0.3, -0.25) is 0 Å². The van der Waals surface area contributed by atoms with E-state index in [-0.39, 0.29) is 5.41 Å². The van der Waals surface area contributed by atoms with Gasteiger partial charge in [0.2, 0.25) is 0 Å². The van der Waals surface area contributed by atoms with E-state index in [1.165, 1.54) is 36.0 Å². The second kappa shape index (κ2) is 12.2. The molecule has 2 N–H and O–H groups in total. The van der Waals surface area contributed by atoms with Crippen LogP contribution < -0.4 is 10.6 Å². The van der Waals surface area contributed by atoms with Crippen molar-refractivity contribution in [3.8, 4) is 0 Å². The van der Waals surface area contributed by atoms with E-state index in [0.29, 0.717) is 23.4 Å². The second-order valence-corrected chi connectivity index (χ2v) is 11.5. The standard InChI is InChI=1S/C16H27N.C15H23N/c1-12(2)16(5,6)15-9-7-8-14(10-15)11-17-13(3)4;1-4-15(9-10-15)14-7-5-13(6-8-14)11-16-12(2)3/h7-10,12-13,17H,11H2,1-6H3;5-8,12,16H,4,9-11H2,1-3H3. The molecule has 1 saturated carbocycles. The molecule has 0 amide bonds. The summed E-state index contributed by atoms with van der Waals surface area (Å²) in [5, 5.41) is 6.92. The van der Waals surface area contributed by atoms with Crippen molar-refractivity contribution in [2.75, 3.05) is 0 Å². The van der Waals surface area contributed by atoms with Crippen molar-refractivity contribution in [2.24, 2.45) is 5.92 Å². The van der Waals surface area contributed by atoms with Gasteiger partial charge in [-0.25, -0.2) is 0 Å². The Balaban J connectivity index is 0.000000234. The van der Waals surface area contributed by atoms with Gasteiger partial charge in [0.1, 0.15) is 0 Å². The Kier molecular flexibility index (Phi) is 10.2. The van der Waals surface area contributed by atoms with E-state index in [9.17, 15) is 0 Å². The Bertz CT molecular complexity index is 826. The minimum Gasteiger partial charge on any atom is -0.310 e. The lowest BCUT2D eigenvalue weighted by Gasteiger charge is -2.30. The van der Waals surface area contributed by atoms with E-state index in [0.717, 1.165) is 13.1 Å². The summed E-state index contributed by atoms with van der Waals surface area (Å²) in [7, 11) is 0. The largest absolute Gasteiger partial charge is 0.310 e. The summed E-state index contributed by atoms with van der Waals surface area (Å²) in [5.74, 6) is 0.649. The minimum atomic E-state index is 0.244. The number of hydrogen-bond donors (Lipinski definition) is 2. The average Bonchev–Trinajstić information content (AvgIpc) is 3.58. The van der Waals surface area contributed by atoms with Crippen LogP contribution in [0.1, 0.15) is 104 Å². The first-order valence-corrected chi connectivity index (χ1v) is 13.2. The van der Waals surface area contributed by atoms with Crippen LogP contribution in [0.3, 0.4) is 0 Å². The molecule has 1 aliphatic rings. The smallest absolute Gasteiger partial charge is 0.0207 e. The Labute approximate surface area is 205 Å². The SMILES string of the molecule is CC(C)NCc1cccc(C(C)(C)C(C)C)c1.CCC1(c2ccc(CNC(C)C)cc2)CC1. The van der Waals surface area contributed by atoms with Gasteiger partial charge in [-0.2, -0.15) is 0 Å². The highest BCUT2D eigenvalue weighted by atomic mass is 14.9. The molecule has 1 aliphatic carbocycles. The van der Waals surface area contributed by atoms with Crippen molar-refractivity contribution >= 4 is 0 Å². The fourth-order valence-electron chi connectivity index (χ4n) is 4.03. The summed E-state index contributed by atoms with van der Waals surface area (Å²) in [6.07, 6.45) is 4.05. The highest BCUT2D eigenvalue weighted by molar-refractivity contribution is 5.33. The molecule has 2 aromatic carbocycles. The molecule has 0 radical (unpaired) electrons. The molecule has 0 bridgehead atoms. The van der Waals surface area contributed by atoms with E-state index in [1.807, 2.05) is 0 Å². The van der Waals surface area contributed by atoms with E-state index in [2.05, 4.69) is 121 Å². The van der Waals surface area contributed by atoms with Gasteiger partial charge in [0.05, 0.1) is 0 Å². The van der Waals surface area contributed by atoms with Gasteiger partial charge in [0.15, 0.2) is 0 Å². The lowest BCUT2D eigenvalue weighted by Crippen LogP contribution is -2.25. The first kappa shape index (κ1) is 27.6. The molecule has 33 heavy (non-hydrogen) atoms. The summed E-state index contributed by atoms with van der Waals surface area (Å²) in [4.78, 5) is 0. The monoisotopic (exact) mass is 450 g/mol. The highest BCUT2D eigenvalue weighted by Gasteiger charge is 2.41. The quantitative estimate of drug-likeness (QED) is 0.387. The van der Waals surface area contributed by atoms with Gasteiger partial charge >= 0.3 is 0 Å². The average molecular weight is 451 g/mol. The van der Waals surface area contributed by atoms with Gasteiger partial charge in [0.25, 0.3) is 0 Å². The molecule has 0 atom stereocenters. The summed E-state index contributed by atoms with van der Waals surface area (Å²) >= 11 is 0. The summed E-state index contributed by atoms with van der Waals surface area (Å²) < 4.78 is 0. The fourth-order valence-corrected chi connectivity index (χ4v) is 4.03. The molecule has 0 heterocycles. The molecule has 2 nitrogen and oxygen atoms in total. The number of benzene rings is 2. The molecule has 0 aliphatic heterocycles. The van der Waals surface area contributed by atoms with Crippen LogP contribution in [0.2, 0.25) is 0 Å². The van der Waals surface area contributed by atoms with Crippen LogP contribution >= 0.6 is 0 Å². The van der Waals surface area contributed by atoms with Crippen LogP contribution in [-0.4, -0.2) is 12.1 Å². The summed E-state index contributed by atoms with van der Waals surface area (Å²) in [5.41, 5.74) is 6.55. The normalized spacial score (nSPS) is 15.0. The maximum Gasteiger partial charge on any atom is 0.0207 e. The Morgan fingerprint density at radius 2 is 1.33 bits per heavy atom. The number of hydrogen-bond acceptors (Lipinski definition) is 2. The van der Waals surface area contributed by atoms with Crippen molar-refractivity contribution in [3.05, 3.63) is 70.8 Å². The van der Waals surface area contributed by atoms with Crippen LogP contribution in [0, 0.1) is 5.92 Å². The van der Waals surface area contributed by atoms with E-state index >= 15 is 0 Å². The van der Waals surface area contributed by atoms with Gasteiger partial charge in [-0.05, 0) is 58.3 Å². The van der Waals surface area contributed by atoms with E-state index in [4.69, 9.17) is 0 Å². The van der Waals surface area contributed by atoms with Crippen LogP contribution in [0.4, 0.5) is 0 Å². The zero-order chi connectivity index (χ0) is 24.6. The summed E-state index contributed by atoms with van der Waals surface area (Å²) in [6, 6.07) is 19.3. The van der Waals surface area contributed by atoms with Crippen LogP contribution in [0.5, 0.6) is 0 Å². The van der Waals surface area contributed by atoms with E-state index in [1.54, 1.807) is 5.56 Å². The van der Waals surface area contributed by atoms with Gasteiger partial charge in [0, 0.05) is 25.2 Å². The molecular formula is C31H50N2. The van der Waals surface area contributed by atoms with Crippen LogP contribution in [0.15, 0.2) is 48.5 Å². The lowest BCUT2D eigenvalue weighted by atomic mass is 9.75.